The van der Waals surface area contributed by atoms with Crippen molar-refractivity contribution in [2.45, 2.75) is 59.3 Å². The van der Waals surface area contributed by atoms with Gasteiger partial charge in [0.15, 0.2) is 0 Å². The quantitative estimate of drug-likeness (QED) is 0.445. The van der Waals surface area contributed by atoms with Crippen molar-refractivity contribution in [3.8, 4) is 0 Å². The van der Waals surface area contributed by atoms with Crippen molar-refractivity contribution in [3.63, 3.8) is 0 Å². The summed E-state index contributed by atoms with van der Waals surface area (Å²) in [6, 6.07) is 0. The Bertz CT molecular complexity index is 458. The molecular weight excluding hydrogens is 288 g/mol. The van der Waals surface area contributed by atoms with Crippen molar-refractivity contribution in [1.82, 2.24) is 0 Å². The predicted octanol–water partition coefficient (Wildman–Crippen LogP) is 4.31. The fraction of sp³-hybridized carbons (Fsp3) is 0.650. The van der Waals surface area contributed by atoms with Crippen LogP contribution in [0.25, 0.3) is 0 Å². The van der Waals surface area contributed by atoms with E-state index in [0.717, 1.165) is 57.4 Å². The lowest BCUT2D eigenvalue weighted by Gasteiger charge is -2.22. The average Bonchev–Trinajstić information content (AvgIpc) is 2.94. The van der Waals surface area contributed by atoms with Crippen molar-refractivity contribution in [3.05, 3.63) is 23.3 Å². The summed E-state index contributed by atoms with van der Waals surface area (Å²) in [5, 5.41) is 0. The third kappa shape index (κ3) is 6.25. The van der Waals surface area contributed by atoms with Gasteiger partial charge in [-0.1, -0.05) is 23.3 Å². The molecule has 3 nitrogen and oxygen atoms in total. The summed E-state index contributed by atoms with van der Waals surface area (Å²) >= 11 is 0. The number of aldehydes is 3. The van der Waals surface area contributed by atoms with E-state index in [1.54, 1.807) is 0 Å². The van der Waals surface area contributed by atoms with E-state index in [1.165, 1.54) is 11.1 Å². The first kappa shape index (κ1) is 19.5. The lowest BCUT2D eigenvalue weighted by atomic mass is 9.80. The van der Waals surface area contributed by atoms with Crippen LogP contribution in [0.15, 0.2) is 23.3 Å². The van der Waals surface area contributed by atoms with Gasteiger partial charge in [-0.3, -0.25) is 0 Å². The molecule has 0 unspecified atom stereocenters. The number of allylic oxidation sites excluding steroid dienone is 4. The van der Waals surface area contributed by atoms with E-state index in [-0.39, 0.29) is 23.7 Å². The van der Waals surface area contributed by atoms with Gasteiger partial charge >= 0.3 is 0 Å². The van der Waals surface area contributed by atoms with Crippen LogP contribution in [-0.4, -0.2) is 18.9 Å². The smallest absolute Gasteiger partial charge is 0.124 e. The Balaban J connectivity index is 2.50. The minimum atomic E-state index is -0.273. The number of rotatable bonds is 10. The van der Waals surface area contributed by atoms with E-state index in [0.29, 0.717) is 0 Å². The number of carbonyl (C=O) groups is 3. The molecule has 0 aromatic carbocycles. The maximum atomic E-state index is 11.4. The maximum Gasteiger partial charge on any atom is 0.124 e. The van der Waals surface area contributed by atoms with E-state index in [2.05, 4.69) is 32.9 Å². The molecule has 0 radical (unpaired) electrons. The normalized spacial score (nSPS) is 25.7. The van der Waals surface area contributed by atoms with Gasteiger partial charge in [-0.25, -0.2) is 0 Å². The number of hydrogen-bond donors (Lipinski definition) is 0. The molecule has 0 aromatic heterocycles. The Morgan fingerprint density at radius 3 is 2.30 bits per heavy atom. The molecule has 4 atom stereocenters. The summed E-state index contributed by atoms with van der Waals surface area (Å²) in [6.07, 6.45) is 12.5. The summed E-state index contributed by atoms with van der Waals surface area (Å²) in [4.78, 5) is 33.7. The highest BCUT2D eigenvalue weighted by molar-refractivity contribution is 5.67. The molecule has 23 heavy (non-hydrogen) atoms. The first-order valence-corrected chi connectivity index (χ1v) is 8.68. The van der Waals surface area contributed by atoms with Gasteiger partial charge < -0.3 is 14.4 Å². The molecule has 1 aliphatic rings. The minimum absolute atomic E-state index is 0.0413. The molecule has 128 valence electrons. The molecule has 0 heterocycles. The van der Waals surface area contributed by atoms with Crippen LogP contribution in [0.2, 0.25) is 0 Å². The first-order valence-electron chi connectivity index (χ1n) is 8.68. The number of hydrogen-bond acceptors (Lipinski definition) is 3. The second kappa shape index (κ2) is 10.3. The monoisotopic (exact) mass is 318 g/mol. The van der Waals surface area contributed by atoms with Crippen LogP contribution in [0.4, 0.5) is 0 Å². The highest BCUT2D eigenvalue weighted by Gasteiger charge is 2.39. The van der Waals surface area contributed by atoms with Gasteiger partial charge in [0, 0.05) is 17.8 Å². The Kier molecular flexibility index (Phi) is 8.75. The molecule has 0 N–H and O–H groups in total. The fourth-order valence-corrected chi connectivity index (χ4v) is 3.54. The van der Waals surface area contributed by atoms with E-state index in [4.69, 9.17) is 0 Å². The van der Waals surface area contributed by atoms with E-state index in [9.17, 15) is 14.4 Å². The highest BCUT2D eigenvalue weighted by Crippen LogP contribution is 2.40. The minimum Gasteiger partial charge on any atom is -0.303 e. The van der Waals surface area contributed by atoms with E-state index < -0.39 is 0 Å². The maximum absolute atomic E-state index is 11.4. The van der Waals surface area contributed by atoms with Gasteiger partial charge in [0.2, 0.25) is 0 Å². The van der Waals surface area contributed by atoms with Crippen molar-refractivity contribution in [2.75, 3.05) is 0 Å². The Labute approximate surface area is 140 Å². The average molecular weight is 318 g/mol. The van der Waals surface area contributed by atoms with Crippen LogP contribution in [-0.2, 0) is 14.4 Å². The summed E-state index contributed by atoms with van der Waals surface area (Å²) in [7, 11) is 0. The third-order valence-electron chi connectivity index (χ3n) is 4.96. The first-order chi connectivity index (χ1) is 11.0. The lowest BCUT2D eigenvalue weighted by molar-refractivity contribution is -0.121. The van der Waals surface area contributed by atoms with Gasteiger partial charge in [-0.05, 0) is 65.2 Å². The summed E-state index contributed by atoms with van der Waals surface area (Å²) in [6.45, 7) is 6.33. The molecule has 0 bridgehead atoms. The lowest BCUT2D eigenvalue weighted by Crippen LogP contribution is -2.25. The Morgan fingerprint density at radius 2 is 1.74 bits per heavy atom. The molecule has 0 aliphatic heterocycles. The van der Waals surface area contributed by atoms with Gasteiger partial charge in [-0.15, -0.1) is 0 Å². The van der Waals surface area contributed by atoms with Crippen molar-refractivity contribution >= 4 is 18.9 Å². The largest absolute Gasteiger partial charge is 0.303 e. The van der Waals surface area contributed by atoms with Gasteiger partial charge in [0.05, 0.1) is 0 Å². The Morgan fingerprint density at radius 1 is 1.00 bits per heavy atom. The summed E-state index contributed by atoms with van der Waals surface area (Å²) in [5.74, 6) is -0.539. The summed E-state index contributed by atoms with van der Waals surface area (Å²) in [5.41, 5.74) is 2.68. The molecule has 0 saturated heterocycles. The molecule has 3 heteroatoms. The van der Waals surface area contributed by atoms with Crippen molar-refractivity contribution in [1.29, 1.82) is 0 Å². The molecule has 1 aliphatic carbocycles. The standard InChI is InChI=1S/C20H30O3/c1-15(2)6-4-7-16(3)8-5-9-17(12-21)19-11-10-18(13-22)20(19)14-23/h6,8,12-14,17-20H,4-5,7,9-11H2,1-3H3/b16-8+/t17-,18+,19-,20-/m1/s1. The molecule has 0 aromatic rings. The van der Waals surface area contributed by atoms with E-state index >= 15 is 0 Å². The van der Waals surface area contributed by atoms with Crippen LogP contribution in [0.1, 0.15) is 59.3 Å². The van der Waals surface area contributed by atoms with Gasteiger partial charge in [-0.2, -0.15) is 0 Å². The van der Waals surface area contributed by atoms with Crippen LogP contribution >= 0.6 is 0 Å². The zero-order valence-electron chi connectivity index (χ0n) is 14.7. The highest BCUT2D eigenvalue weighted by atomic mass is 16.1. The van der Waals surface area contributed by atoms with Gasteiger partial charge in [0.25, 0.3) is 0 Å². The second-order valence-corrected chi connectivity index (χ2v) is 7.00. The third-order valence-corrected chi connectivity index (χ3v) is 4.96. The van der Waals surface area contributed by atoms with Crippen LogP contribution in [0, 0.1) is 23.7 Å². The predicted molar refractivity (Wildman–Crippen MR) is 93.0 cm³/mol. The van der Waals surface area contributed by atoms with E-state index in [1.807, 2.05) is 0 Å². The molecule has 1 saturated carbocycles. The van der Waals surface area contributed by atoms with Crippen LogP contribution in [0.5, 0.6) is 0 Å². The van der Waals surface area contributed by atoms with Crippen LogP contribution in [0.3, 0.4) is 0 Å². The topological polar surface area (TPSA) is 51.2 Å². The SMILES string of the molecule is CC(C)=CCC/C(C)=C/CC[C@H](C=O)[C@H]1CC[C@@H](C=O)[C@H]1C=O. The molecule has 1 rings (SSSR count). The van der Waals surface area contributed by atoms with Gasteiger partial charge in [0.1, 0.15) is 18.9 Å². The van der Waals surface area contributed by atoms with Crippen molar-refractivity contribution in [2.24, 2.45) is 23.7 Å². The van der Waals surface area contributed by atoms with Crippen molar-refractivity contribution < 1.29 is 14.4 Å². The fourth-order valence-electron chi connectivity index (χ4n) is 3.54. The zero-order chi connectivity index (χ0) is 17.2. The zero-order valence-corrected chi connectivity index (χ0v) is 14.7. The molecule has 1 fully saturated rings. The second-order valence-electron chi connectivity index (χ2n) is 7.00. The molecular formula is C20H30O3. The molecule has 0 amide bonds. The molecule has 0 spiro atoms. The van der Waals surface area contributed by atoms with Crippen LogP contribution < -0.4 is 0 Å². The number of carbonyl (C=O) groups excluding carboxylic acids is 3. The Hall–Kier alpha value is -1.51. The summed E-state index contributed by atoms with van der Waals surface area (Å²) < 4.78 is 0.